The van der Waals surface area contributed by atoms with Crippen molar-refractivity contribution in [3.63, 3.8) is 0 Å². The standard InChI is InChI=1S/C12H12FN3O.C7H8F3N3.C2H6S/c1-12(2)4-7(6-17)8-5-14-10-3-9(13)15-16(10)11(8)12;1-12-4-2-5(7(8,9)10)13-6(11)3-4;1-3-2/h3,5-7H,4H2,1-2H3;2-3H,1H3,(H3,11,12,13);1-2H3. The lowest BCUT2D eigenvalue weighted by molar-refractivity contribution is -0.141. The Morgan fingerprint density at radius 3 is 2.45 bits per heavy atom. The van der Waals surface area contributed by atoms with E-state index in [-0.39, 0.29) is 17.2 Å². The van der Waals surface area contributed by atoms with Gasteiger partial charge in [0.2, 0.25) is 5.95 Å². The summed E-state index contributed by atoms with van der Waals surface area (Å²) < 4.78 is 51.1. The quantitative estimate of drug-likeness (QED) is 0.406. The van der Waals surface area contributed by atoms with E-state index in [4.69, 9.17) is 5.73 Å². The van der Waals surface area contributed by atoms with E-state index in [1.807, 2.05) is 26.4 Å². The van der Waals surface area contributed by atoms with Gasteiger partial charge in [0.1, 0.15) is 17.8 Å². The van der Waals surface area contributed by atoms with Gasteiger partial charge in [-0.2, -0.15) is 29.3 Å². The van der Waals surface area contributed by atoms with Gasteiger partial charge in [-0.1, -0.05) is 13.8 Å². The number of nitrogens with zero attached hydrogens (tertiary/aromatic N) is 4. The third-order valence-electron chi connectivity index (χ3n) is 4.84. The van der Waals surface area contributed by atoms with Crippen molar-refractivity contribution < 1.29 is 22.4 Å². The fraction of sp³-hybridized carbons (Fsp3) is 0.429. The zero-order valence-electron chi connectivity index (χ0n) is 18.9. The van der Waals surface area contributed by atoms with Crippen molar-refractivity contribution in [2.45, 2.75) is 37.8 Å². The predicted molar refractivity (Wildman–Crippen MR) is 122 cm³/mol. The Hall–Kier alpha value is -2.89. The summed E-state index contributed by atoms with van der Waals surface area (Å²) in [6.07, 6.45) is 2.94. The number of halogens is 4. The Morgan fingerprint density at radius 1 is 1.27 bits per heavy atom. The summed E-state index contributed by atoms with van der Waals surface area (Å²) in [5, 5.41) is 6.38. The predicted octanol–water partition coefficient (Wildman–Crippen LogP) is 4.54. The molecule has 12 heteroatoms. The highest BCUT2D eigenvalue weighted by Gasteiger charge is 2.39. The maximum absolute atomic E-state index is 13.2. The molecule has 0 spiro atoms. The largest absolute Gasteiger partial charge is 0.433 e. The number of aromatic nitrogens is 4. The molecule has 0 aromatic carbocycles. The Balaban J connectivity index is 0.000000216. The van der Waals surface area contributed by atoms with Crippen LogP contribution in [0.4, 0.5) is 29.1 Å². The first-order valence-corrected chi connectivity index (χ1v) is 11.4. The molecule has 3 aromatic heterocycles. The van der Waals surface area contributed by atoms with Crippen molar-refractivity contribution in [3.05, 3.63) is 47.3 Å². The smallest absolute Gasteiger partial charge is 0.388 e. The van der Waals surface area contributed by atoms with E-state index < -0.39 is 17.8 Å². The van der Waals surface area contributed by atoms with Gasteiger partial charge in [-0.15, -0.1) is 5.10 Å². The summed E-state index contributed by atoms with van der Waals surface area (Å²) in [4.78, 5) is 18.4. The molecule has 3 aromatic rings. The molecule has 0 radical (unpaired) electrons. The van der Waals surface area contributed by atoms with Gasteiger partial charge in [-0.25, -0.2) is 14.5 Å². The second kappa shape index (κ2) is 10.4. The van der Waals surface area contributed by atoms with Crippen LogP contribution in [-0.2, 0) is 16.4 Å². The van der Waals surface area contributed by atoms with Crippen molar-refractivity contribution >= 4 is 35.2 Å². The molecule has 3 heterocycles. The zero-order valence-corrected chi connectivity index (χ0v) is 19.7. The Morgan fingerprint density at radius 2 is 1.91 bits per heavy atom. The van der Waals surface area contributed by atoms with Crippen molar-refractivity contribution in [1.29, 1.82) is 0 Å². The monoisotopic (exact) mass is 486 g/mol. The average molecular weight is 487 g/mol. The summed E-state index contributed by atoms with van der Waals surface area (Å²) in [5.74, 6) is -0.861. The second-order valence-corrected chi connectivity index (χ2v) is 8.77. The van der Waals surface area contributed by atoms with Crippen LogP contribution in [-0.4, -0.2) is 45.4 Å². The topological polar surface area (TPSA) is 98.2 Å². The fourth-order valence-corrected chi connectivity index (χ4v) is 3.59. The Bertz CT molecular complexity index is 1120. The number of nitrogens with one attached hydrogen (secondary N) is 1. The molecule has 7 nitrogen and oxygen atoms in total. The molecule has 0 saturated carbocycles. The van der Waals surface area contributed by atoms with Crippen LogP contribution >= 0.6 is 11.8 Å². The Labute approximate surface area is 193 Å². The van der Waals surface area contributed by atoms with Gasteiger partial charge >= 0.3 is 6.18 Å². The first-order valence-electron chi connectivity index (χ1n) is 9.80. The minimum Gasteiger partial charge on any atom is -0.388 e. The SMILES string of the molecule is CC1(C)CC(C=O)c2cnc3cc(F)nn3c21.CNc1cc(N)nc(C(F)(F)F)c1.CSC. The maximum atomic E-state index is 13.2. The number of hydrogen-bond acceptors (Lipinski definition) is 7. The van der Waals surface area contributed by atoms with Crippen LogP contribution in [0.25, 0.3) is 5.65 Å². The van der Waals surface area contributed by atoms with Crippen molar-refractivity contribution in [1.82, 2.24) is 19.6 Å². The number of pyridine rings is 1. The van der Waals surface area contributed by atoms with E-state index in [0.717, 1.165) is 23.6 Å². The van der Waals surface area contributed by atoms with Crippen LogP contribution in [0.2, 0.25) is 0 Å². The van der Waals surface area contributed by atoms with Gasteiger partial charge in [0, 0.05) is 48.0 Å². The van der Waals surface area contributed by atoms with E-state index in [0.29, 0.717) is 17.8 Å². The summed E-state index contributed by atoms with van der Waals surface area (Å²) in [6.45, 7) is 4.07. The summed E-state index contributed by atoms with van der Waals surface area (Å²) in [5.41, 5.74) is 6.53. The van der Waals surface area contributed by atoms with Crippen molar-refractivity contribution in [3.8, 4) is 0 Å². The summed E-state index contributed by atoms with van der Waals surface area (Å²) in [6, 6.07) is 3.52. The van der Waals surface area contributed by atoms with Crippen LogP contribution in [0, 0.1) is 5.95 Å². The first kappa shape index (κ1) is 26.4. The lowest BCUT2D eigenvalue weighted by Crippen LogP contribution is -2.17. The second-order valence-electron chi connectivity index (χ2n) is 7.95. The molecule has 0 aliphatic heterocycles. The number of carbonyl (C=O) groups excluding carboxylic acids is 1. The highest BCUT2D eigenvalue weighted by molar-refractivity contribution is 7.97. The lowest BCUT2D eigenvalue weighted by Gasteiger charge is -2.19. The number of thioether (sulfide) groups is 1. The summed E-state index contributed by atoms with van der Waals surface area (Å²) >= 11 is 1.75. The molecule has 0 saturated heterocycles. The minimum absolute atomic E-state index is 0.154. The average Bonchev–Trinajstić information content (AvgIpc) is 3.23. The molecule has 0 fully saturated rings. The molecule has 33 heavy (non-hydrogen) atoms. The fourth-order valence-electron chi connectivity index (χ4n) is 3.59. The maximum Gasteiger partial charge on any atom is 0.433 e. The molecule has 1 aliphatic rings. The number of carbonyl (C=O) groups is 1. The molecule has 1 aliphatic carbocycles. The van der Waals surface area contributed by atoms with Crippen molar-refractivity contribution in [2.75, 3.05) is 30.6 Å². The van der Waals surface area contributed by atoms with Crippen LogP contribution < -0.4 is 11.1 Å². The molecular formula is C21H26F4N6OS. The van der Waals surface area contributed by atoms with Gasteiger partial charge in [-0.3, -0.25) is 0 Å². The van der Waals surface area contributed by atoms with E-state index in [2.05, 4.69) is 20.4 Å². The lowest BCUT2D eigenvalue weighted by atomic mass is 9.89. The third-order valence-corrected chi connectivity index (χ3v) is 4.84. The Kier molecular flexibility index (Phi) is 8.28. The van der Waals surface area contributed by atoms with Gasteiger partial charge in [0.15, 0.2) is 5.65 Å². The molecule has 1 unspecified atom stereocenters. The van der Waals surface area contributed by atoms with Crippen LogP contribution in [0.5, 0.6) is 0 Å². The number of fused-ring (bicyclic) bond motifs is 3. The van der Waals surface area contributed by atoms with E-state index in [9.17, 15) is 22.4 Å². The number of anilines is 2. The van der Waals surface area contributed by atoms with Crippen LogP contribution in [0.15, 0.2) is 24.4 Å². The minimum atomic E-state index is -4.46. The molecule has 4 rings (SSSR count). The molecule has 0 bridgehead atoms. The normalized spacial score (nSPS) is 16.2. The highest BCUT2D eigenvalue weighted by Crippen LogP contribution is 2.44. The molecule has 3 N–H and O–H groups in total. The van der Waals surface area contributed by atoms with E-state index in [1.165, 1.54) is 23.7 Å². The van der Waals surface area contributed by atoms with E-state index >= 15 is 0 Å². The number of nitrogen functional groups attached to an aromatic ring is 1. The number of alkyl halides is 3. The van der Waals surface area contributed by atoms with Gasteiger partial charge in [0.25, 0.3) is 0 Å². The van der Waals surface area contributed by atoms with Gasteiger partial charge in [-0.05, 0) is 25.0 Å². The van der Waals surface area contributed by atoms with Crippen LogP contribution in [0.3, 0.4) is 0 Å². The van der Waals surface area contributed by atoms with E-state index in [1.54, 1.807) is 18.0 Å². The number of aldehydes is 1. The van der Waals surface area contributed by atoms with Crippen LogP contribution in [0.1, 0.15) is 43.1 Å². The molecule has 0 amide bonds. The van der Waals surface area contributed by atoms with Crippen molar-refractivity contribution in [2.24, 2.45) is 0 Å². The number of rotatable bonds is 2. The highest BCUT2D eigenvalue weighted by atomic mass is 32.2. The van der Waals surface area contributed by atoms with Gasteiger partial charge < -0.3 is 15.8 Å². The number of hydrogen-bond donors (Lipinski definition) is 2. The molecule has 1 atom stereocenters. The van der Waals surface area contributed by atoms with Gasteiger partial charge in [0.05, 0.1) is 5.69 Å². The molecular weight excluding hydrogens is 460 g/mol. The third kappa shape index (κ3) is 6.12. The number of nitrogens with two attached hydrogens (primary N) is 1. The first-order chi connectivity index (χ1) is 15.4. The zero-order chi connectivity index (χ0) is 25.0. The molecule has 180 valence electrons. The summed E-state index contributed by atoms with van der Waals surface area (Å²) in [7, 11) is 1.51.